The van der Waals surface area contributed by atoms with Gasteiger partial charge in [0.05, 0.1) is 65.5 Å². The smallest absolute Gasteiger partial charge is 0.495 e. The Balaban J connectivity index is 0.000000232. The maximum atomic E-state index is 12.4. The van der Waals surface area contributed by atoms with Crippen LogP contribution in [0.15, 0.2) is 91.8 Å². The zero-order valence-corrected chi connectivity index (χ0v) is 67.6. The number of halogens is 7. The average Bonchev–Trinajstić information content (AvgIpc) is 1.62. The summed E-state index contributed by atoms with van der Waals surface area (Å²) in [6.07, 6.45) is -2.84. The number of aromatic amines is 2. The van der Waals surface area contributed by atoms with Crippen molar-refractivity contribution in [2.75, 3.05) is 58.2 Å². The summed E-state index contributed by atoms with van der Waals surface area (Å²) >= 11 is 2.13. The van der Waals surface area contributed by atoms with Crippen molar-refractivity contribution in [3.8, 4) is 40.0 Å². The Kier molecular flexibility index (Phi) is 33.0. The molecule has 0 fully saturated rings. The molecule has 12 aromatic rings. The molecule has 632 valence electrons. The van der Waals surface area contributed by atoms with Crippen LogP contribution in [-0.2, 0) is 43.4 Å². The number of carbonyl (C=O) groups excluding carboxylic acids is 4. The predicted molar refractivity (Wildman–Crippen MR) is 437 cm³/mol. The second-order valence-corrected chi connectivity index (χ2v) is 29.2. The van der Waals surface area contributed by atoms with Gasteiger partial charge in [-0.15, -0.1) is 0 Å². The number of hydrogen-bond donors (Lipinski definition) is 11. The standard InChI is InChI=1S/C23H29N7O3.C18H21N7O.C14H18BNO5.C14H21IN6O2.C2HF3O2.C2HF3O.CH4/c1-23(2,3)33-22(31)25-10-5-6-11-30-21-17(20(24)26-13-27-21)19(29-30)15-12-14-8-7-9-16(32-4)18(14)28-15;1-26-13-6-4-5-11-9-12(23-15(11)13)16-14-17(20)21-10-22-18(14)25(24-16)8-3-2-7-19;1-14(2,3)21-13(17)16-11(15(18)19)8-9-6-5-7-10(20-4)12(9)16;1-14(2,3)23-13(22)17-6-4-5-7-21-12-9(10(15)20-21)11(16)18-8-19-12;3-2(4,5)1(6)7;3-2(4,5)1-6;/h7-9,12-13,28H,5-6,10-11H2,1-4H3,(H,25,31)(H2,24,26,27);4-6,9-10,23H,2-3,7-8,19H2,1H3,(H2,20,21,22);5-8,18-19H,1-4H3;8H,4-7H2,1-3H3,(H,17,22)(H2,16,18,19);(H,6,7);1H;1H4. The number of nitrogens with two attached hydrogens (primary N) is 4. The van der Waals surface area contributed by atoms with E-state index in [0.29, 0.717) is 83.6 Å². The predicted octanol–water partition coefficient (Wildman–Crippen LogP) is 11.6. The summed E-state index contributed by atoms with van der Waals surface area (Å²) in [5, 5.41) is 50.6. The van der Waals surface area contributed by atoms with E-state index < -0.39 is 66.8 Å². The van der Waals surface area contributed by atoms with Crippen molar-refractivity contribution in [3.05, 3.63) is 95.5 Å². The van der Waals surface area contributed by atoms with Crippen LogP contribution in [0.4, 0.5) is 58.2 Å². The van der Waals surface area contributed by atoms with Gasteiger partial charge in [0.25, 0.3) is 0 Å². The number of carboxylic acid groups (broad SMARTS) is 1. The number of aryl methyl sites for hydroxylation is 3. The number of benzene rings is 3. The van der Waals surface area contributed by atoms with Gasteiger partial charge in [-0.2, -0.15) is 41.6 Å². The van der Waals surface area contributed by atoms with E-state index >= 15 is 0 Å². The van der Waals surface area contributed by atoms with Crippen LogP contribution < -0.4 is 53.4 Å². The second kappa shape index (κ2) is 41.1. The molecular formula is C74H95BF6IN21O14. The molecule has 15 N–H and O–H groups in total. The van der Waals surface area contributed by atoms with Crippen LogP contribution in [0.1, 0.15) is 108 Å². The average molecular weight is 1750 g/mol. The number of aldehydes is 1. The van der Waals surface area contributed by atoms with Gasteiger partial charge in [-0.25, -0.2) is 67.7 Å². The molecule has 9 heterocycles. The number of anilines is 3. The second-order valence-electron chi connectivity index (χ2n) is 28.1. The van der Waals surface area contributed by atoms with Crippen molar-refractivity contribution >= 4 is 149 Å². The van der Waals surface area contributed by atoms with Crippen molar-refractivity contribution in [1.82, 2.24) is 84.4 Å². The number of aliphatic carboxylic acids is 1. The highest BCUT2D eigenvalue weighted by atomic mass is 127. The number of alkyl carbamates (subject to hydrolysis) is 2. The summed E-state index contributed by atoms with van der Waals surface area (Å²) < 4.78 is 102. The van der Waals surface area contributed by atoms with Crippen molar-refractivity contribution in [2.24, 2.45) is 5.73 Å². The first-order valence-electron chi connectivity index (χ1n) is 35.7. The van der Waals surface area contributed by atoms with Gasteiger partial charge in [0, 0.05) is 48.9 Å². The Bertz CT molecular complexity index is 5360. The Morgan fingerprint density at radius 3 is 1.28 bits per heavy atom. The van der Waals surface area contributed by atoms with E-state index in [4.69, 9.17) is 76.2 Å². The molecule has 9 aromatic heterocycles. The zero-order chi connectivity index (χ0) is 85.8. The van der Waals surface area contributed by atoms with E-state index in [-0.39, 0.29) is 13.0 Å². The number of fused-ring (bicyclic) bond motifs is 6. The molecular weight excluding hydrogens is 1660 g/mol. The summed E-state index contributed by atoms with van der Waals surface area (Å²) in [7, 11) is 2.98. The van der Waals surface area contributed by atoms with Crippen LogP contribution in [0, 0.1) is 3.70 Å². The molecule has 0 aliphatic heterocycles. The van der Waals surface area contributed by atoms with Crippen molar-refractivity contribution < 1.29 is 93.9 Å². The third-order valence-corrected chi connectivity index (χ3v) is 16.6. The Morgan fingerprint density at radius 2 is 0.915 bits per heavy atom. The number of alkyl halides is 6. The number of nitrogens with one attached hydrogen (secondary N) is 4. The van der Waals surface area contributed by atoms with Crippen molar-refractivity contribution in [2.45, 2.75) is 157 Å². The molecule has 0 radical (unpaired) electrons. The summed E-state index contributed by atoms with van der Waals surface area (Å²) in [5.41, 5.74) is 29.7. The highest BCUT2D eigenvalue weighted by molar-refractivity contribution is 14.1. The number of ether oxygens (including phenoxy) is 6. The normalized spacial score (nSPS) is 11.5. The van der Waals surface area contributed by atoms with E-state index in [9.17, 15) is 50.8 Å². The van der Waals surface area contributed by atoms with Gasteiger partial charge in [0.2, 0.25) is 6.29 Å². The van der Waals surface area contributed by atoms with Crippen LogP contribution in [-0.4, -0.2) is 197 Å². The molecule has 117 heavy (non-hydrogen) atoms. The van der Waals surface area contributed by atoms with Gasteiger partial charge in [-0.1, -0.05) is 43.8 Å². The molecule has 12 rings (SSSR count). The van der Waals surface area contributed by atoms with Crippen LogP contribution in [0.25, 0.3) is 88.6 Å². The monoisotopic (exact) mass is 1750 g/mol. The molecule has 2 amide bonds. The topological polar surface area (TPSA) is 497 Å². The minimum Gasteiger partial charge on any atom is -0.495 e. The zero-order valence-electron chi connectivity index (χ0n) is 65.4. The Morgan fingerprint density at radius 1 is 0.547 bits per heavy atom. The lowest BCUT2D eigenvalue weighted by atomic mass is 9.86. The van der Waals surface area contributed by atoms with E-state index in [1.54, 1.807) is 53.2 Å². The number of aromatic nitrogens is 15. The number of carboxylic acids is 1. The van der Waals surface area contributed by atoms with Crippen molar-refractivity contribution in [1.29, 1.82) is 0 Å². The van der Waals surface area contributed by atoms with Gasteiger partial charge in [-0.05, 0) is 166 Å². The lowest BCUT2D eigenvalue weighted by molar-refractivity contribution is -0.192. The fourth-order valence-electron chi connectivity index (χ4n) is 11.0. The first-order valence-corrected chi connectivity index (χ1v) is 36.7. The fraction of sp³-hybridized carbons (Fsp3) is 0.405. The summed E-state index contributed by atoms with van der Waals surface area (Å²) in [4.78, 5) is 85.5. The number of unbranched alkanes of at least 4 members (excludes halogenated alkanes) is 3. The van der Waals surface area contributed by atoms with Gasteiger partial charge in [-0.3, -0.25) is 4.79 Å². The first-order chi connectivity index (χ1) is 54.5. The van der Waals surface area contributed by atoms with E-state index in [2.05, 4.69) is 78.2 Å². The number of methoxy groups -OCH3 is 3. The van der Waals surface area contributed by atoms with E-state index in [1.807, 2.05) is 104 Å². The van der Waals surface area contributed by atoms with Gasteiger partial charge >= 0.3 is 43.7 Å². The maximum absolute atomic E-state index is 12.4. The van der Waals surface area contributed by atoms with Gasteiger partial charge < -0.3 is 87.1 Å². The highest BCUT2D eigenvalue weighted by Gasteiger charge is 2.38. The Labute approximate surface area is 680 Å². The lowest BCUT2D eigenvalue weighted by Gasteiger charge is -2.21. The summed E-state index contributed by atoms with van der Waals surface area (Å²) in [6, 6.07) is 22.5. The quantitative estimate of drug-likeness (QED) is 0.00843. The minimum atomic E-state index is -5.08. The largest absolute Gasteiger partial charge is 0.506 e. The van der Waals surface area contributed by atoms with Crippen molar-refractivity contribution in [3.63, 3.8) is 0 Å². The SMILES string of the molecule is C.CC(C)(C)OC(=O)NCCCCn1nc(I)c2c(N)ncnc21.COc1cccc2cc(-c3nn(CCCCN)c4ncnc(N)c34)[nH]c12.COc1cccc2cc(-c3nn(CCCCNC(=O)OC(C)(C)C)c4ncnc(N)c34)[nH]c12.COc1cccc2cc(B(O)O)n(C(=O)OC(C)(C)C)c12.O=C(O)C(F)(F)F.O=CC(F)(F)F. The van der Waals surface area contributed by atoms with Crippen LogP contribution in [0.3, 0.4) is 0 Å². The summed E-state index contributed by atoms with van der Waals surface area (Å²) in [6.45, 7) is 20.0. The van der Waals surface area contributed by atoms with E-state index in [1.165, 1.54) is 32.2 Å². The van der Waals surface area contributed by atoms with Gasteiger partial charge in [0.15, 0.2) is 16.9 Å². The number of hydrogen-bond acceptors (Lipinski definition) is 26. The maximum Gasteiger partial charge on any atom is 0.506 e. The molecule has 35 nitrogen and oxygen atoms in total. The van der Waals surface area contributed by atoms with Crippen LogP contribution in [0.5, 0.6) is 17.2 Å². The molecule has 0 saturated heterocycles. The Hall–Kier alpha value is -11.9. The molecule has 0 atom stereocenters. The van der Waals surface area contributed by atoms with Crippen LogP contribution in [0.2, 0.25) is 0 Å². The van der Waals surface area contributed by atoms with E-state index in [0.717, 1.165) is 126 Å². The number of carbonyl (C=O) groups is 5. The number of nitrogen functional groups attached to an aromatic ring is 3. The lowest BCUT2D eigenvalue weighted by Crippen LogP contribution is -2.41. The third kappa shape index (κ3) is 26.3. The number of H-pyrrole nitrogens is 2. The number of para-hydroxylation sites is 3. The molecule has 3 aromatic carbocycles. The molecule has 0 aliphatic carbocycles. The molecule has 0 bridgehead atoms. The number of amides is 2. The highest BCUT2D eigenvalue weighted by Crippen LogP contribution is 2.37. The minimum absolute atomic E-state index is 0. The fourth-order valence-corrected chi connectivity index (χ4v) is 11.8. The number of nitrogens with zero attached hydrogens (tertiary/aromatic N) is 13. The third-order valence-electron chi connectivity index (χ3n) is 15.8. The molecule has 43 heteroatoms. The molecule has 0 unspecified atom stereocenters. The molecule has 0 saturated carbocycles. The number of rotatable bonds is 20. The summed E-state index contributed by atoms with van der Waals surface area (Å²) in [5.74, 6) is 0.461. The van der Waals surface area contributed by atoms with Gasteiger partial charge in [0.1, 0.15) is 91.1 Å². The molecule has 0 aliphatic rings. The molecule has 0 spiro atoms. The van der Waals surface area contributed by atoms with Crippen LogP contribution >= 0.6 is 22.6 Å². The first kappa shape index (κ1) is 94.0.